The van der Waals surface area contributed by atoms with E-state index in [9.17, 15) is 9.59 Å². The van der Waals surface area contributed by atoms with Crippen molar-refractivity contribution in [2.24, 2.45) is 5.73 Å². The zero-order chi connectivity index (χ0) is 12.0. The molecule has 0 unspecified atom stereocenters. The number of nitrogens with one attached hydrogen (secondary N) is 2. The maximum atomic E-state index is 11.5. The molecule has 3 amide bonds. The minimum atomic E-state index is -0.631. The van der Waals surface area contributed by atoms with Gasteiger partial charge in [-0.2, -0.15) is 0 Å². The molecule has 1 aromatic heterocycles. The number of carbonyl (C=O) groups is 2. The molecule has 7 heteroatoms. The van der Waals surface area contributed by atoms with Crippen LogP contribution in [0.2, 0.25) is 5.15 Å². The second-order valence-corrected chi connectivity index (χ2v) is 3.25. The smallest absolute Gasteiger partial charge is 0.312 e. The van der Waals surface area contributed by atoms with Crippen molar-refractivity contribution < 1.29 is 9.59 Å². The number of urea groups is 1. The topological polar surface area (TPSA) is 97.1 Å². The van der Waals surface area contributed by atoms with Gasteiger partial charge in [-0.3, -0.25) is 4.79 Å². The Morgan fingerprint density at radius 1 is 1.38 bits per heavy atom. The van der Waals surface area contributed by atoms with Crippen molar-refractivity contribution in [1.82, 2.24) is 15.6 Å². The lowest BCUT2D eigenvalue weighted by Gasteiger charge is -2.05. The number of aromatic nitrogens is 1. The van der Waals surface area contributed by atoms with E-state index in [0.717, 1.165) is 0 Å². The summed E-state index contributed by atoms with van der Waals surface area (Å²) in [7, 11) is 0. The molecule has 1 heterocycles. The maximum Gasteiger partial charge on any atom is 0.312 e. The van der Waals surface area contributed by atoms with Gasteiger partial charge >= 0.3 is 6.03 Å². The number of pyridine rings is 1. The van der Waals surface area contributed by atoms with E-state index in [1.54, 1.807) is 12.1 Å². The molecule has 0 aromatic carbocycles. The average molecular weight is 243 g/mol. The highest BCUT2D eigenvalue weighted by molar-refractivity contribution is 6.32. The second kappa shape index (κ2) is 5.92. The van der Waals surface area contributed by atoms with Crippen LogP contribution in [0.1, 0.15) is 10.4 Å². The molecule has 4 N–H and O–H groups in total. The first-order valence-electron chi connectivity index (χ1n) is 4.53. The lowest BCUT2D eigenvalue weighted by Crippen LogP contribution is -2.37. The predicted octanol–water partition coefficient (Wildman–Crippen LogP) is 0.133. The van der Waals surface area contributed by atoms with Gasteiger partial charge in [0.25, 0.3) is 5.91 Å². The van der Waals surface area contributed by atoms with Crippen LogP contribution in [-0.2, 0) is 0 Å². The number of amides is 3. The summed E-state index contributed by atoms with van der Waals surface area (Å²) in [5, 5.41) is 5.05. The van der Waals surface area contributed by atoms with Gasteiger partial charge in [0.05, 0.1) is 5.56 Å². The minimum absolute atomic E-state index is 0.142. The number of rotatable bonds is 4. The van der Waals surface area contributed by atoms with E-state index >= 15 is 0 Å². The fraction of sp³-hybridized carbons (Fsp3) is 0.222. The van der Waals surface area contributed by atoms with Crippen molar-refractivity contribution in [3.05, 3.63) is 29.0 Å². The Balaban J connectivity index is 2.41. The van der Waals surface area contributed by atoms with Crippen LogP contribution in [0.25, 0.3) is 0 Å². The first-order valence-corrected chi connectivity index (χ1v) is 4.91. The molecular weight excluding hydrogens is 232 g/mol. The molecule has 6 nitrogen and oxygen atoms in total. The molecule has 86 valence electrons. The number of nitrogens with two attached hydrogens (primary N) is 1. The fourth-order valence-electron chi connectivity index (χ4n) is 1.01. The van der Waals surface area contributed by atoms with E-state index in [0.29, 0.717) is 5.56 Å². The molecular formula is C9H11ClN4O2. The molecule has 0 atom stereocenters. The summed E-state index contributed by atoms with van der Waals surface area (Å²) >= 11 is 5.72. The first kappa shape index (κ1) is 12.3. The third-order valence-corrected chi connectivity index (χ3v) is 2.01. The Labute approximate surface area is 97.2 Å². The fourth-order valence-corrected chi connectivity index (χ4v) is 1.22. The van der Waals surface area contributed by atoms with Crippen LogP contribution in [0.5, 0.6) is 0 Å². The van der Waals surface area contributed by atoms with Gasteiger partial charge in [-0.25, -0.2) is 9.78 Å². The Bertz CT molecular complexity index is 397. The van der Waals surface area contributed by atoms with E-state index in [1.165, 1.54) is 6.20 Å². The summed E-state index contributed by atoms with van der Waals surface area (Å²) in [5.41, 5.74) is 5.15. The molecule has 0 radical (unpaired) electrons. The van der Waals surface area contributed by atoms with Crippen LogP contribution in [0.4, 0.5) is 4.79 Å². The summed E-state index contributed by atoms with van der Waals surface area (Å²) in [6, 6.07) is 2.54. The molecule has 0 saturated heterocycles. The van der Waals surface area contributed by atoms with Gasteiger partial charge in [0.2, 0.25) is 0 Å². The van der Waals surface area contributed by atoms with Crippen molar-refractivity contribution in [3.8, 4) is 0 Å². The summed E-state index contributed by atoms with van der Waals surface area (Å²) in [5.74, 6) is -0.343. The third-order valence-electron chi connectivity index (χ3n) is 1.71. The van der Waals surface area contributed by atoms with Crippen LogP contribution < -0.4 is 16.4 Å². The van der Waals surface area contributed by atoms with Crippen molar-refractivity contribution in [1.29, 1.82) is 0 Å². The third kappa shape index (κ3) is 3.74. The zero-order valence-corrected chi connectivity index (χ0v) is 9.12. The summed E-state index contributed by atoms with van der Waals surface area (Å²) < 4.78 is 0. The van der Waals surface area contributed by atoms with Crippen LogP contribution >= 0.6 is 11.6 Å². The van der Waals surface area contributed by atoms with Gasteiger partial charge in [0.15, 0.2) is 0 Å². The van der Waals surface area contributed by atoms with E-state index in [4.69, 9.17) is 17.3 Å². The molecule has 16 heavy (non-hydrogen) atoms. The van der Waals surface area contributed by atoms with E-state index in [2.05, 4.69) is 15.6 Å². The van der Waals surface area contributed by atoms with Gasteiger partial charge < -0.3 is 16.4 Å². The monoisotopic (exact) mass is 242 g/mol. The molecule has 0 aliphatic heterocycles. The van der Waals surface area contributed by atoms with Crippen molar-refractivity contribution in [2.45, 2.75) is 0 Å². The van der Waals surface area contributed by atoms with Gasteiger partial charge in [-0.05, 0) is 12.1 Å². The quantitative estimate of drug-likeness (QED) is 0.517. The Kier molecular flexibility index (Phi) is 4.53. The molecule has 1 rings (SSSR count). The zero-order valence-electron chi connectivity index (χ0n) is 8.37. The van der Waals surface area contributed by atoms with Gasteiger partial charge in [0.1, 0.15) is 5.15 Å². The second-order valence-electron chi connectivity index (χ2n) is 2.89. The Morgan fingerprint density at radius 2 is 2.06 bits per heavy atom. The highest BCUT2D eigenvalue weighted by atomic mass is 35.5. The molecule has 1 aromatic rings. The summed E-state index contributed by atoms with van der Waals surface area (Å²) in [6.45, 7) is 0.534. The lowest BCUT2D eigenvalue weighted by molar-refractivity contribution is 0.0953. The van der Waals surface area contributed by atoms with E-state index in [-0.39, 0.29) is 24.1 Å². The lowest BCUT2D eigenvalue weighted by atomic mass is 10.2. The van der Waals surface area contributed by atoms with E-state index in [1.807, 2.05) is 0 Å². The first-order chi connectivity index (χ1) is 7.61. The van der Waals surface area contributed by atoms with Crippen LogP contribution in [0.3, 0.4) is 0 Å². The number of hydrogen-bond donors (Lipinski definition) is 3. The molecule has 0 spiro atoms. The SMILES string of the molecule is NC(=O)NCCNC(=O)c1cccnc1Cl. The average Bonchev–Trinajstić information content (AvgIpc) is 2.24. The van der Waals surface area contributed by atoms with Crippen molar-refractivity contribution in [2.75, 3.05) is 13.1 Å². The predicted molar refractivity (Wildman–Crippen MR) is 59.2 cm³/mol. The van der Waals surface area contributed by atoms with Gasteiger partial charge in [-0.15, -0.1) is 0 Å². The molecule has 0 fully saturated rings. The maximum absolute atomic E-state index is 11.5. The largest absolute Gasteiger partial charge is 0.352 e. The van der Waals surface area contributed by atoms with Gasteiger partial charge in [0, 0.05) is 19.3 Å². The van der Waals surface area contributed by atoms with Gasteiger partial charge in [-0.1, -0.05) is 11.6 Å². The van der Waals surface area contributed by atoms with Crippen LogP contribution in [0.15, 0.2) is 18.3 Å². The standard InChI is InChI=1S/C9H11ClN4O2/c10-7-6(2-1-3-12-7)8(15)13-4-5-14-9(11)16/h1-3H,4-5H2,(H,13,15)(H3,11,14,16). The Morgan fingerprint density at radius 3 is 2.69 bits per heavy atom. The van der Waals surface area contributed by atoms with Crippen molar-refractivity contribution >= 4 is 23.5 Å². The highest BCUT2D eigenvalue weighted by Crippen LogP contribution is 2.10. The number of nitrogens with zero attached hydrogens (tertiary/aromatic N) is 1. The normalized spacial score (nSPS) is 9.56. The molecule has 0 aliphatic carbocycles. The summed E-state index contributed by atoms with van der Waals surface area (Å²) in [6.07, 6.45) is 1.49. The Hall–Kier alpha value is -1.82. The molecule has 0 bridgehead atoms. The number of hydrogen-bond acceptors (Lipinski definition) is 3. The minimum Gasteiger partial charge on any atom is -0.352 e. The van der Waals surface area contributed by atoms with E-state index < -0.39 is 6.03 Å². The summed E-state index contributed by atoms with van der Waals surface area (Å²) in [4.78, 5) is 25.6. The van der Waals surface area contributed by atoms with Crippen LogP contribution in [0, 0.1) is 0 Å². The molecule has 0 aliphatic rings. The van der Waals surface area contributed by atoms with Crippen LogP contribution in [-0.4, -0.2) is 30.0 Å². The molecule has 0 saturated carbocycles. The highest BCUT2D eigenvalue weighted by Gasteiger charge is 2.09. The van der Waals surface area contributed by atoms with Crippen molar-refractivity contribution in [3.63, 3.8) is 0 Å². The number of halogens is 1. The number of primary amides is 1. The number of carbonyl (C=O) groups excluding carboxylic acids is 2.